The number of rotatable bonds is 2. The van der Waals surface area contributed by atoms with Gasteiger partial charge in [0.15, 0.2) is 5.78 Å². The lowest BCUT2D eigenvalue weighted by Crippen LogP contribution is -2.23. The summed E-state index contributed by atoms with van der Waals surface area (Å²) in [6, 6.07) is 3.65. The average Bonchev–Trinajstić information content (AvgIpc) is 2.19. The van der Waals surface area contributed by atoms with Crippen LogP contribution in [-0.2, 0) is 16.0 Å². The van der Waals surface area contributed by atoms with Crippen LogP contribution in [0.3, 0.4) is 0 Å². The Hall–Kier alpha value is -1.97. The SMILES string of the molecule is O=CNC1=Cc2ncccc2CC1=O. The van der Waals surface area contributed by atoms with Crippen molar-refractivity contribution in [2.75, 3.05) is 0 Å². The van der Waals surface area contributed by atoms with Gasteiger partial charge in [-0.25, -0.2) is 0 Å². The Balaban J connectivity index is 2.43. The molecule has 1 amide bonds. The Morgan fingerprint density at radius 2 is 2.36 bits per heavy atom. The molecule has 0 radical (unpaired) electrons. The predicted octanol–water partition coefficient (Wildman–Crippen LogP) is 0.294. The largest absolute Gasteiger partial charge is 0.326 e. The van der Waals surface area contributed by atoms with E-state index in [4.69, 9.17) is 0 Å². The monoisotopic (exact) mass is 188 g/mol. The van der Waals surface area contributed by atoms with Crippen LogP contribution in [0.4, 0.5) is 0 Å². The van der Waals surface area contributed by atoms with Gasteiger partial charge in [-0.15, -0.1) is 0 Å². The van der Waals surface area contributed by atoms with Gasteiger partial charge in [0, 0.05) is 12.6 Å². The number of carbonyl (C=O) groups is 2. The van der Waals surface area contributed by atoms with Crippen molar-refractivity contribution in [3.8, 4) is 0 Å². The summed E-state index contributed by atoms with van der Waals surface area (Å²) in [5, 5.41) is 2.37. The summed E-state index contributed by atoms with van der Waals surface area (Å²) in [5.41, 5.74) is 1.96. The lowest BCUT2D eigenvalue weighted by atomic mass is 9.99. The third kappa shape index (κ3) is 1.42. The summed E-state index contributed by atoms with van der Waals surface area (Å²) in [4.78, 5) is 25.7. The molecule has 0 spiro atoms. The maximum atomic E-state index is 11.4. The van der Waals surface area contributed by atoms with Crippen molar-refractivity contribution in [3.05, 3.63) is 35.3 Å². The molecule has 0 unspecified atom stereocenters. The van der Waals surface area contributed by atoms with Crippen LogP contribution < -0.4 is 5.32 Å². The average molecular weight is 188 g/mol. The van der Waals surface area contributed by atoms with E-state index in [2.05, 4.69) is 10.3 Å². The molecule has 1 aromatic heterocycles. The molecule has 0 saturated heterocycles. The quantitative estimate of drug-likeness (QED) is 0.679. The number of ketones is 1. The van der Waals surface area contributed by atoms with Crippen molar-refractivity contribution in [1.82, 2.24) is 10.3 Å². The van der Waals surface area contributed by atoms with E-state index in [1.807, 2.05) is 6.07 Å². The van der Waals surface area contributed by atoms with E-state index in [-0.39, 0.29) is 5.78 Å². The van der Waals surface area contributed by atoms with E-state index in [0.29, 0.717) is 18.5 Å². The minimum absolute atomic E-state index is 0.0856. The van der Waals surface area contributed by atoms with Crippen LogP contribution in [0.25, 0.3) is 6.08 Å². The molecule has 0 aromatic carbocycles. The van der Waals surface area contributed by atoms with Gasteiger partial charge < -0.3 is 5.32 Å². The second-order valence-electron chi connectivity index (χ2n) is 2.97. The van der Waals surface area contributed by atoms with E-state index in [0.717, 1.165) is 11.3 Å². The number of aromatic nitrogens is 1. The Kier molecular flexibility index (Phi) is 2.10. The van der Waals surface area contributed by atoms with E-state index in [1.54, 1.807) is 18.3 Å². The summed E-state index contributed by atoms with van der Waals surface area (Å²) < 4.78 is 0. The first kappa shape index (κ1) is 8.62. The van der Waals surface area contributed by atoms with Gasteiger partial charge in [-0.2, -0.15) is 0 Å². The highest BCUT2D eigenvalue weighted by Crippen LogP contribution is 2.17. The highest BCUT2D eigenvalue weighted by molar-refractivity contribution is 6.04. The lowest BCUT2D eigenvalue weighted by Gasteiger charge is -2.12. The molecule has 0 bridgehead atoms. The summed E-state index contributed by atoms with van der Waals surface area (Å²) >= 11 is 0. The molecule has 14 heavy (non-hydrogen) atoms. The molecular weight excluding hydrogens is 180 g/mol. The lowest BCUT2D eigenvalue weighted by molar-refractivity contribution is -0.117. The normalized spacial score (nSPS) is 14.3. The topological polar surface area (TPSA) is 59.1 Å². The molecule has 1 aliphatic carbocycles. The first-order valence-corrected chi connectivity index (χ1v) is 4.20. The molecule has 0 saturated carbocycles. The van der Waals surface area contributed by atoms with Crippen LogP contribution >= 0.6 is 0 Å². The van der Waals surface area contributed by atoms with E-state index < -0.39 is 0 Å². The minimum Gasteiger partial charge on any atom is -0.326 e. The number of allylic oxidation sites excluding steroid dienone is 1. The van der Waals surface area contributed by atoms with Crippen molar-refractivity contribution in [2.24, 2.45) is 0 Å². The maximum Gasteiger partial charge on any atom is 0.211 e. The second-order valence-corrected chi connectivity index (χ2v) is 2.97. The number of amides is 1. The maximum absolute atomic E-state index is 11.4. The summed E-state index contributed by atoms with van der Waals surface area (Å²) in [6.45, 7) is 0. The molecule has 0 aliphatic heterocycles. The predicted molar refractivity (Wildman–Crippen MR) is 50.1 cm³/mol. The van der Waals surface area contributed by atoms with Gasteiger partial charge in [-0.05, 0) is 17.7 Å². The van der Waals surface area contributed by atoms with Gasteiger partial charge in [0.1, 0.15) is 0 Å². The summed E-state index contributed by atoms with van der Waals surface area (Å²) in [7, 11) is 0. The van der Waals surface area contributed by atoms with Gasteiger partial charge in [0.05, 0.1) is 11.4 Å². The Morgan fingerprint density at radius 1 is 1.50 bits per heavy atom. The molecule has 1 aromatic rings. The zero-order valence-electron chi connectivity index (χ0n) is 7.36. The van der Waals surface area contributed by atoms with Crippen LogP contribution in [0.15, 0.2) is 24.0 Å². The number of hydrogen-bond donors (Lipinski definition) is 1. The van der Waals surface area contributed by atoms with Crippen LogP contribution in [0.2, 0.25) is 0 Å². The molecule has 0 atom stereocenters. The summed E-state index contributed by atoms with van der Waals surface area (Å²) in [5.74, 6) is -0.0856. The van der Waals surface area contributed by atoms with E-state index in [1.165, 1.54) is 0 Å². The van der Waals surface area contributed by atoms with Crippen molar-refractivity contribution < 1.29 is 9.59 Å². The van der Waals surface area contributed by atoms with Crippen LogP contribution in [-0.4, -0.2) is 17.2 Å². The van der Waals surface area contributed by atoms with Gasteiger partial charge in [-0.1, -0.05) is 6.07 Å². The van der Waals surface area contributed by atoms with Gasteiger partial charge in [0.25, 0.3) is 0 Å². The number of fused-ring (bicyclic) bond motifs is 1. The Morgan fingerprint density at radius 3 is 3.14 bits per heavy atom. The number of carbonyl (C=O) groups excluding carboxylic acids is 2. The van der Waals surface area contributed by atoms with E-state index in [9.17, 15) is 9.59 Å². The fourth-order valence-electron chi connectivity index (χ4n) is 1.40. The number of nitrogens with zero attached hydrogens (tertiary/aromatic N) is 1. The van der Waals surface area contributed by atoms with Crippen molar-refractivity contribution in [3.63, 3.8) is 0 Å². The van der Waals surface area contributed by atoms with Crippen molar-refractivity contribution >= 4 is 18.3 Å². The first-order valence-electron chi connectivity index (χ1n) is 4.20. The molecule has 0 fully saturated rings. The molecule has 1 heterocycles. The first-order chi connectivity index (χ1) is 6.81. The second kappa shape index (κ2) is 3.41. The van der Waals surface area contributed by atoms with Gasteiger partial charge >= 0.3 is 0 Å². The number of nitrogens with one attached hydrogen (secondary N) is 1. The summed E-state index contributed by atoms with van der Waals surface area (Å²) in [6.07, 6.45) is 4.05. The molecule has 70 valence electrons. The number of Topliss-reactive ketones (excluding diaryl/α,β-unsaturated/α-hetero) is 1. The van der Waals surface area contributed by atoms with Crippen LogP contribution in [0, 0.1) is 0 Å². The molecular formula is C10H8N2O2. The Bertz CT molecular complexity index is 424. The fraction of sp³-hybridized carbons (Fsp3) is 0.100. The highest BCUT2D eigenvalue weighted by Gasteiger charge is 2.18. The van der Waals surface area contributed by atoms with Crippen LogP contribution in [0.1, 0.15) is 11.3 Å². The number of pyridine rings is 1. The van der Waals surface area contributed by atoms with Gasteiger partial charge in [0.2, 0.25) is 6.41 Å². The molecule has 4 nitrogen and oxygen atoms in total. The third-order valence-electron chi connectivity index (χ3n) is 2.07. The minimum atomic E-state index is -0.0856. The van der Waals surface area contributed by atoms with Crippen molar-refractivity contribution in [2.45, 2.75) is 6.42 Å². The van der Waals surface area contributed by atoms with Crippen molar-refractivity contribution in [1.29, 1.82) is 0 Å². The molecule has 2 rings (SSSR count). The molecule has 1 N–H and O–H groups in total. The highest BCUT2D eigenvalue weighted by atomic mass is 16.1. The standard InChI is InChI=1S/C10H8N2O2/c13-6-12-9-5-8-7(4-10(9)14)2-1-3-11-8/h1-3,5-6H,4H2,(H,12,13). The van der Waals surface area contributed by atoms with Crippen LogP contribution in [0.5, 0.6) is 0 Å². The number of hydrogen-bond acceptors (Lipinski definition) is 3. The molecule has 1 aliphatic rings. The zero-order valence-corrected chi connectivity index (χ0v) is 7.36. The van der Waals surface area contributed by atoms with E-state index >= 15 is 0 Å². The smallest absolute Gasteiger partial charge is 0.211 e. The molecule has 4 heteroatoms. The fourth-order valence-corrected chi connectivity index (χ4v) is 1.40. The third-order valence-corrected chi connectivity index (χ3v) is 2.07. The zero-order chi connectivity index (χ0) is 9.97. The van der Waals surface area contributed by atoms with Gasteiger partial charge in [-0.3, -0.25) is 14.6 Å². The Labute approximate surface area is 80.7 Å².